The number of Topliss-reactive ketones (excluding diaryl/α,β-unsaturated/α-hetero) is 2. The van der Waals surface area contributed by atoms with Crippen LogP contribution in [-0.2, 0) is 19.8 Å². The van der Waals surface area contributed by atoms with Gasteiger partial charge in [-0.25, -0.2) is 0 Å². The average molecular weight is 392 g/mol. The van der Waals surface area contributed by atoms with E-state index in [-0.39, 0.29) is 36.4 Å². The number of likely N-dealkylation sites (tertiary alicyclic amines) is 1. The third-order valence-corrected chi connectivity index (χ3v) is 6.96. The van der Waals surface area contributed by atoms with Crippen LogP contribution in [0.4, 0.5) is 0 Å². The molecule has 4 rings (SSSR count). The van der Waals surface area contributed by atoms with E-state index in [0.29, 0.717) is 0 Å². The summed E-state index contributed by atoms with van der Waals surface area (Å²) >= 11 is 0. The lowest BCUT2D eigenvalue weighted by atomic mass is 9.78. The third kappa shape index (κ3) is 3.50. The molecule has 4 nitrogen and oxygen atoms in total. The summed E-state index contributed by atoms with van der Waals surface area (Å²) in [5, 5.41) is 2.17. The molecular weight excluding hydrogens is 362 g/mol. The minimum absolute atomic E-state index is 0.0251. The van der Waals surface area contributed by atoms with Crippen LogP contribution in [0.25, 0.3) is 10.8 Å². The van der Waals surface area contributed by atoms with Gasteiger partial charge in [0.25, 0.3) is 0 Å². The summed E-state index contributed by atoms with van der Waals surface area (Å²) in [7, 11) is 0. The van der Waals surface area contributed by atoms with Crippen molar-refractivity contribution in [3.05, 3.63) is 48.0 Å². The summed E-state index contributed by atoms with van der Waals surface area (Å²) in [6.07, 6.45) is 4.29. The van der Waals surface area contributed by atoms with Crippen molar-refractivity contribution < 1.29 is 14.4 Å². The van der Waals surface area contributed by atoms with Gasteiger partial charge in [-0.3, -0.25) is 14.4 Å². The molecule has 29 heavy (non-hydrogen) atoms. The number of amides is 1. The Morgan fingerprint density at radius 2 is 1.86 bits per heavy atom. The molecule has 0 N–H and O–H groups in total. The minimum Gasteiger partial charge on any atom is -0.340 e. The molecule has 2 fully saturated rings. The highest BCUT2D eigenvalue weighted by atomic mass is 16.2. The van der Waals surface area contributed by atoms with E-state index in [1.54, 1.807) is 0 Å². The van der Waals surface area contributed by atoms with Gasteiger partial charge in [0.05, 0.1) is 11.3 Å². The Kier molecular flexibility index (Phi) is 5.28. The van der Waals surface area contributed by atoms with Gasteiger partial charge in [-0.05, 0) is 48.9 Å². The summed E-state index contributed by atoms with van der Waals surface area (Å²) in [5.41, 5.74) is 0.0203. The van der Waals surface area contributed by atoms with Gasteiger partial charge in [-0.1, -0.05) is 49.4 Å². The summed E-state index contributed by atoms with van der Waals surface area (Å²) < 4.78 is 0. The summed E-state index contributed by atoms with van der Waals surface area (Å²) in [5.74, 6) is -1.04. The number of carbonyl (C=O) groups is 3. The molecule has 152 valence electrons. The molecule has 2 aromatic carbocycles. The van der Waals surface area contributed by atoms with E-state index in [1.807, 2.05) is 54.3 Å². The Morgan fingerprint density at radius 3 is 2.62 bits per heavy atom. The molecule has 1 saturated heterocycles. The SMILES string of the molecule is CC[C@@H]1CCCCN1C(=O)CC1C(=O)C[C@@](C)(c2ccc3ccccc3c2)C1=O. The zero-order valence-corrected chi connectivity index (χ0v) is 17.3. The molecule has 0 aromatic heterocycles. The van der Waals surface area contributed by atoms with E-state index in [1.165, 1.54) is 0 Å². The molecule has 1 aliphatic carbocycles. The zero-order valence-electron chi connectivity index (χ0n) is 17.3. The second kappa shape index (κ2) is 7.74. The summed E-state index contributed by atoms with van der Waals surface area (Å²) in [4.78, 5) is 41.0. The lowest BCUT2D eigenvalue weighted by molar-refractivity contribution is -0.141. The number of rotatable bonds is 4. The number of ketones is 2. The fourth-order valence-corrected chi connectivity index (χ4v) is 5.12. The third-order valence-electron chi connectivity index (χ3n) is 6.96. The molecule has 0 radical (unpaired) electrons. The van der Waals surface area contributed by atoms with E-state index in [9.17, 15) is 14.4 Å². The molecule has 1 aliphatic heterocycles. The van der Waals surface area contributed by atoms with Gasteiger partial charge in [0.2, 0.25) is 5.91 Å². The maximum Gasteiger partial charge on any atom is 0.223 e. The predicted octanol–water partition coefficient (Wildman–Crippen LogP) is 4.44. The van der Waals surface area contributed by atoms with Crippen molar-refractivity contribution in [3.63, 3.8) is 0 Å². The highest BCUT2D eigenvalue weighted by Gasteiger charge is 2.51. The largest absolute Gasteiger partial charge is 0.340 e. The van der Waals surface area contributed by atoms with Crippen LogP contribution in [0.5, 0.6) is 0 Å². The first-order valence-electron chi connectivity index (χ1n) is 10.8. The number of hydrogen-bond donors (Lipinski definition) is 0. The van der Waals surface area contributed by atoms with Crippen LogP contribution in [0.3, 0.4) is 0 Å². The molecule has 4 heteroatoms. The molecule has 2 aromatic rings. The van der Waals surface area contributed by atoms with E-state index in [2.05, 4.69) is 6.92 Å². The van der Waals surface area contributed by atoms with Crippen LogP contribution in [-0.4, -0.2) is 35.0 Å². The van der Waals surface area contributed by atoms with E-state index in [4.69, 9.17) is 0 Å². The Bertz CT molecular complexity index is 965. The second-order valence-corrected chi connectivity index (χ2v) is 8.80. The average Bonchev–Trinajstić information content (AvgIpc) is 2.97. The second-order valence-electron chi connectivity index (χ2n) is 8.80. The van der Waals surface area contributed by atoms with Gasteiger partial charge in [-0.15, -0.1) is 0 Å². The van der Waals surface area contributed by atoms with Crippen molar-refractivity contribution in [1.29, 1.82) is 0 Å². The Morgan fingerprint density at radius 1 is 1.10 bits per heavy atom. The molecular formula is C25H29NO3. The molecule has 3 atom stereocenters. The first-order chi connectivity index (χ1) is 13.9. The Balaban J connectivity index is 1.56. The molecule has 0 spiro atoms. The molecule has 1 heterocycles. The molecule has 1 saturated carbocycles. The van der Waals surface area contributed by atoms with Crippen LogP contribution in [0.15, 0.2) is 42.5 Å². The van der Waals surface area contributed by atoms with Gasteiger partial charge in [-0.2, -0.15) is 0 Å². The van der Waals surface area contributed by atoms with Gasteiger partial charge in [0.1, 0.15) is 5.78 Å². The highest BCUT2D eigenvalue weighted by molar-refractivity contribution is 6.16. The number of carbonyl (C=O) groups excluding carboxylic acids is 3. The number of benzene rings is 2. The number of hydrogen-bond acceptors (Lipinski definition) is 3. The maximum atomic E-state index is 13.4. The zero-order chi connectivity index (χ0) is 20.6. The minimum atomic E-state index is -0.849. The monoisotopic (exact) mass is 391 g/mol. The predicted molar refractivity (Wildman–Crippen MR) is 114 cm³/mol. The molecule has 0 bridgehead atoms. The van der Waals surface area contributed by atoms with Crippen LogP contribution in [0, 0.1) is 5.92 Å². The van der Waals surface area contributed by atoms with Crippen LogP contribution < -0.4 is 0 Å². The van der Waals surface area contributed by atoms with Crippen molar-refractivity contribution in [2.24, 2.45) is 5.92 Å². The van der Waals surface area contributed by atoms with Crippen molar-refractivity contribution in [3.8, 4) is 0 Å². The molecule has 1 amide bonds. The Labute approximate surface area is 172 Å². The Hall–Kier alpha value is -2.49. The van der Waals surface area contributed by atoms with Gasteiger partial charge in [0, 0.05) is 25.4 Å². The number of piperidine rings is 1. The maximum absolute atomic E-state index is 13.4. The number of nitrogens with zero attached hydrogens (tertiary/aromatic N) is 1. The van der Waals surface area contributed by atoms with Crippen LogP contribution in [0.2, 0.25) is 0 Å². The normalized spacial score (nSPS) is 27.6. The first-order valence-corrected chi connectivity index (χ1v) is 10.8. The smallest absolute Gasteiger partial charge is 0.223 e. The fourth-order valence-electron chi connectivity index (χ4n) is 5.12. The quantitative estimate of drug-likeness (QED) is 0.724. The van der Waals surface area contributed by atoms with Gasteiger partial charge in [0.15, 0.2) is 5.78 Å². The first kappa shape index (κ1) is 19.8. The number of fused-ring (bicyclic) bond motifs is 1. The molecule has 1 unspecified atom stereocenters. The lowest BCUT2D eigenvalue weighted by Gasteiger charge is -2.35. The van der Waals surface area contributed by atoms with Gasteiger partial charge < -0.3 is 4.90 Å². The molecule has 2 aliphatic rings. The topological polar surface area (TPSA) is 54.5 Å². The van der Waals surface area contributed by atoms with Crippen molar-refractivity contribution in [1.82, 2.24) is 4.90 Å². The standard InChI is InChI=1S/C25H29NO3/c1-3-20-10-6-7-13-26(20)23(28)15-21-22(27)16-25(2,24(21)29)19-12-11-17-8-4-5-9-18(17)14-19/h4-5,8-9,11-12,14,20-21H,3,6-7,10,13,15-16H2,1-2H3/t20-,21?,25+/m1/s1. The van der Waals surface area contributed by atoms with Crippen molar-refractivity contribution >= 4 is 28.2 Å². The van der Waals surface area contributed by atoms with Crippen LogP contribution in [0.1, 0.15) is 57.9 Å². The highest BCUT2D eigenvalue weighted by Crippen LogP contribution is 2.41. The van der Waals surface area contributed by atoms with E-state index < -0.39 is 11.3 Å². The fraction of sp³-hybridized carbons (Fsp3) is 0.480. The van der Waals surface area contributed by atoms with E-state index in [0.717, 1.165) is 48.6 Å². The lowest BCUT2D eigenvalue weighted by Crippen LogP contribution is -2.44. The summed E-state index contributed by atoms with van der Waals surface area (Å²) in [6.45, 7) is 4.70. The van der Waals surface area contributed by atoms with Crippen molar-refractivity contribution in [2.45, 2.75) is 63.8 Å². The summed E-state index contributed by atoms with van der Waals surface area (Å²) in [6, 6.07) is 14.2. The van der Waals surface area contributed by atoms with Crippen LogP contribution >= 0.6 is 0 Å². The van der Waals surface area contributed by atoms with Gasteiger partial charge >= 0.3 is 0 Å². The van der Waals surface area contributed by atoms with E-state index >= 15 is 0 Å². The van der Waals surface area contributed by atoms with Crippen molar-refractivity contribution in [2.75, 3.05) is 6.54 Å².